The molecule has 2 aromatic rings. The van der Waals surface area contributed by atoms with Gasteiger partial charge in [-0.3, -0.25) is 4.79 Å². The molecule has 1 amide bonds. The Labute approximate surface area is 164 Å². The van der Waals surface area contributed by atoms with E-state index in [1.165, 1.54) is 0 Å². The molecule has 1 aromatic carbocycles. The van der Waals surface area contributed by atoms with Crippen LogP contribution in [0, 0.1) is 5.92 Å². The largest absolute Gasteiger partial charge is 0.464 e. The number of oxazole rings is 1. The fourth-order valence-corrected chi connectivity index (χ4v) is 2.81. The third kappa shape index (κ3) is 5.82. The second kappa shape index (κ2) is 10.1. The summed E-state index contributed by atoms with van der Waals surface area (Å²) in [4.78, 5) is 28.5. The van der Waals surface area contributed by atoms with Gasteiger partial charge in [0.05, 0.1) is 17.8 Å². The summed E-state index contributed by atoms with van der Waals surface area (Å²) in [7, 11) is 0. The Balaban J connectivity index is 1.95. The summed E-state index contributed by atoms with van der Waals surface area (Å²) in [6, 6.07) is 6.67. The number of hydrogen-bond acceptors (Lipinski definition) is 5. The van der Waals surface area contributed by atoms with E-state index in [0.29, 0.717) is 23.1 Å². The molecule has 0 spiro atoms. The molecule has 1 heterocycles. The van der Waals surface area contributed by atoms with Crippen molar-refractivity contribution < 1.29 is 18.7 Å². The zero-order valence-corrected chi connectivity index (χ0v) is 16.6. The lowest BCUT2D eigenvalue weighted by atomic mass is 9.99. The molecule has 0 fully saturated rings. The Bertz CT molecular complexity index is 775. The Morgan fingerprint density at radius 2 is 2.04 bits per heavy atom. The number of hydrogen-bond donors (Lipinski definition) is 1. The molecule has 7 heteroatoms. The standard InChI is InChI=1S/C20H25ClN2O4/c1-4-13(3)19(20(25)26-5-2)23-17(24)10-11-18-22-12-16(27-18)14-8-6-7-9-15(14)21/h6-9,12-13,19H,4-5,10-11H2,1-3H3,(H,23,24)/t13-,19+/m0/s1. The van der Waals surface area contributed by atoms with Gasteiger partial charge < -0.3 is 14.5 Å². The molecule has 6 nitrogen and oxygen atoms in total. The van der Waals surface area contributed by atoms with Crippen LogP contribution in [-0.2, 0) is 20.7 Å². The van der Waals surface area contributed by atoms with E-state index in [9.17, 15) is 9.59 Å². The second-order valence-corrected chi connectivity index (χ2v) is 6.69. The van der Waals surface area contributed by atoms with Crippen LogP contribution in [0.4, 0.5) is 0 Å². The number of nitrogens with zero attached hydrogens (tertiary/aromatic N) is 1. The van der Waals surface area contributed by atoms with Gasteiger partial charge in [0.2, 0.25) is 5.91 Å². The van der Waals surface area contributed by atoms with Crippen LogP contribution in [-0.4, -0.2) is 29.5 Å². The van der Waals surface area contributed by atoms with Gasteiger partial charge in [-0.1, -0.05) is 44.0 Å². The Morgan fingerprint density at radius 3 is 2.70 bits per heavy atom. The van der Waals surface area contributed by atoms with Crippen molar-refractivity contribution in [3.8, 4) is 11.3 Å². The number of esters is 1. The maximum Gasteiger partial charge on any atom is 0.328 e. The van der Waals surface area contributed by atoms with E-state index in [-0.39, 0.29) is 24.9 Å². The number of halogens is 1. The molecule has 0 aliphatic carbocycles. The molecule has 27 heavy (non-hydrogen) atoms. The zero-order chi connectivity index (χ0) is 19.8. The molecule has 0 bridgehead atoms. The van der Waals surface area contributed by atoms with E-state index in [1.807, 2.05) is 32.0 Å². The molecule has 2 rings (SSSR count). The number of benzene rings is 1. The molecule has 0 saturated carbocycles. The predicted molar refractivity (Wildman–Crippen MR) is 103 cm³/mol. The summed E-state index contributed by atoms with van der Waals surface area (Å²) >= 11 is 6.16. The van der Waals surface area contributed by atoms with Crippen LogP contribution in [0.25, 0.3) is 11.3 Å². The average molecular weight is 393 g/mol. The van der Waals surface area contributed by atoms with Gasteiger partial charge in [0, 0.05) is 18.4 Å². The lowest BCUT2D eigenvalue weighted by Crippen LogP contribution is -2.46. The monoisotopic (exact) mass is 392 g/mol. The van der Waals surface area contributed by atoms with Crippen LogP contribution in [0.1, 0.15) is 39.5 Å². The molecule has 0 aliphatic heterocycles. The van der Waals surface area contributed by atoms with Crippen molar-refractivity contribution in [3.05, 3.63) is 41.4 Å². The summed E-state index contributed by atoms with van der Waals surface area (Å²) in [5, 5.41) is 3.34. The molecule has 0 radical (unpaired) electrons. The molecule has 146 valence electrons. The summed E-state index contributed by atoms with van der Waals surface area (Å²) in [5.41, 5.74) is 0.751. The highest BCUT2D eigenvalue weighted by molar-refractivity contribution is 6.33. The first-order valence-corrected chi connectivity index (χ1v) is 9.49. The minimum atomic E-state index is -0.648. The lowest BCUT2D eigenvalue weighted by Gasteiger charge is -2.22. The van der Waals surface area contributed by atoms with Crippen molar-refractivity contribution in [2.24, 2.45) is 5.92 Å². The number of aromatic nitrogens is 1. The van der Waals surface area contributed by atoms with Gasteiger partial charge in [-0.2, -0.15) is 0 Å². The van der Waals surface area contributed by atoms with Crippen LogP contribution < -0.4 is 5.32 Å². The van der Waals surface area contributed by atoms with Crippen LogP contribution in [0.15, 0.2) is 34.9 Å². The number of carbonyl (C=O) groups excluding carboxylic acids is 2. The van der Waals surface area contributed by atoms with Crippen molar-refractivity contribution in [2.45, 2.75) is 46.1 Å². The number of aryl methyl sites for hydroxylation is 1. The van der Waals surface area contributed by atoms with E-state index in [0.717, 1.165) is 12.0 Å². The maximum absolute atomic E-state index is 12.3. The first-order valence-electron chi connectivity index (χ1n) is 9.11. The van der Waals surface area contributed by atoms with Crippen molar-refractivity contribution in [1.29, 1.82) is 0 Å². The lowest BCUT2D eigenvalue weighted by molar-refractivity contribution is -0.149. The number of ether oxygens (including phenoxy) is 1. The topological polar surface area (TPSA) is 81.4 Å². The van der Waals surface area contributed by atoms with Crippen LogP contribution in [0.2, 0.25) is 5.02 Å². The normalized spacial score (nSPS) is 13.0. The summed E-state index contributed by atoms with van der Waals surface area (Å²) < 4.78 is 10.8. The fraction of sp³-hybridized carbons (Fsp3) is 0.450. The van der Waals surface area contributed by atoms with Crippen molar-refractivity contribution in [2.75, 3.05) is 6.61 Å². The number of rotatable bonds is 9. The highest BCUT2D eigenvalue weighted by Gasteiger charge is 2.27. The van der Waals surface area contributed by atoms with E-state index in [1.54, 1.807) is 19.2 Å². The second-order valence-electron chi connectivity index (χ2n) is 6.28. The highest BCUT2D eigenvalue weighted by atomic mass is 35.5. The first kappa shape index (κ1) is 21.0. The quantitative estimate of drug-likeness (QED) is 0.652. The minimum Gasteiger partial charge on any atom is -0.464 e. The van der Waals surface area contributed by atoms with Gasteiger partial charge in [0.15, 0.2) is 11.7 Å². The molecular weight excluding hydrogens is 368 g/mol. The van der Waals surface area contributed by atoms with Crippen LogP contribution in [0.5, 0.6) is 0 Å². The Kier molecular flexibility index (Phi) is 7.85. The van der Waals surface area contributed by atoms with E-state index in [2.05, 4.69) is 10.3 Å². The third-order valence-corrected chi connectivity index (χ3v) is 4.66. The van der Waals surface area contributed by atoms with Gasteiger partial charge in [0.25, 0.3) is 0 Å². The highest BCUT2D eigenvalue weighted by Crippen LogP contribution is 2.28. The van der Waals surface area contributed by atoms with Crippen LogP contribution >= 0.6 is 11.6 Å². The molecule has 1 N–H and O–H groups in total. The average Bonchev–Trinajstić information content (AvgIpc) is 3.13. The molecule has 0 unspecified atom stereocenters. The van der Waals surface area contributed by atoms with Crippen LogP contribution in [0.3, 0.4) is 0 Å². The molecule has 2 atom stereocenters. The van der Waals surface area contributed by atoms with Gasteiger partial charge in [-0.15, -0.1) is 0 Å². The molecule has 0 saturated heterocycles. The number of nitrogens with one attached hydrogen (secondary N) is 1. The van der Waals surface area contributed by atoms with E-state index < -0.39 is 12.0 Å². The van der Waals surface area contributed by atoms with E-state index in [4.69, 9.17) is 20.8 Å². The Morgan fingerprint density at radius 1 is 1.30 bits per heavy atom. The summed E-state index contributed by atoms with van der Waals surface area (Å²) in [6.45, 7) is 5.90. The molecular formula is C20H25ClN2O4. The smallest absolute Gasteiger partial charge is 0.328 e. The van der Waals surface area contributed by atoms with Crippen molar-refractivity contribution >= 4 is 23.5 Å². The van der Waals surface area contributed by atoms with Gasteiger partial charge in [-0.25, -0.2) is 9.78 Å². The van der Waals surface area contributed by atoms with Gasteiger partial charge in [-0.05, 0) is 25.0 Å². The van der Waals surface area contributed by atoms with Gasteiger partial charge >= 0.3 is 5.97 Å². The number of amides is 1. The fourth-order valence-electron chi connectivity index (χ4n) is 2.58. The minimum absolute atomic E-state index is 0.0124. The summed E-state index contributed by atoms with van der Waals surface area (Å²) in [5.74, 6) is 0.334. The zero-order valence-electron chi connectivity index (χ0n) is 15.8. The molecule has 1 aromatic heterocycles. The maximum atomic E-state index is 12.3. The van der Waals surface area contributed by atoms with Gasteiger partial charge in [0.1, 0.15) is 6.04 Å². The first-order chi connectivity index (χ1) is 13.0. The van der Waals surface area contributed by atoms with Crippen molar-refractivity contribution in [1.82, 2.24) is 10.3 Å². The van der Waals surface area contributed by atoms with Crippen molar-refractivity contribution in [3.63, 3.8) is 0 Å². The summed E-state index contributed by atoms with van der Waals surface area (Å²) in [6.07, 6.45) is 2.83. The SMILES string of the molecule is CCOC(=O)[C@H](NC(=O)CCc1ncc(-c2ccccc2Cl)o1)[C@@H](C)CC. The number of carbonyl (C=O) groups is 2. The van der Waals surface area contributed by atoms with E-state index >= 15 is 0 Å². The third-order valence-electron chi connectivity index (χ3n) is 4.33. The predicted octanol–water partition coefficient (Wildman–Crippen LogP) is 4.02. The Hall–Kier alpha value is -2.34. The molecule has 0 aliphatic rings.